The molecule has 1 aromatic rings. The number of halogens is 1. The zero-order valence-corrected chi connectivity index (χ0v) is 11.5. The maximum atomic E-state index is 14.0. The van der Waals surface area contributed by atoms with E-state index in [0.717, 1.165) is 25.9 Å². The predicted octanol–water partition coefficient (Wildman–Crippen LogP) is 2.33. The summed E-state index contributed by atoms with van der Waals surface area (Å²) in [6.45, 7) is 3.72. The van der Waals surface area contributed by atoms with Crippen LogP contribution in [0.15, 0.2) is 18.2 Å². The molecule has 20 heavy (non-hydrogen) atoms. The van der Waals surface area contributed by atoms with Crippen LogP contribution in [0.2, 0.25) is 0 Å². The van der Waals surface area contributed by atoms with E-state index in [1.807, 2.05) is 0 Å². The molecule has 6 heteroatoms. The van der Waals surface area contributed by atoms with Crippen molar-refractivity contribution in [1.29, 1.82) is 0 Å². The van der Waals surface area contributed by atoms with Crippen molar-refractivity contribution >= 4 is 5.69 Å². The van der Waals surface area contributed by atoms with Gasteiger partial charge in [-0.25, -0.2) is 0 Å². The number of aliphatic hydroxyl groups excluding tert-OH is 1. The highest BCUT2D eigenvalue weighted by atomic mass is 19.1. The largest absolute Gasteiger partial charge is 0.393 e. The van der Waals surface area contributed by atoms with Crippen molar-refractivity contribution in [3.8, 4) is 0 Å². The van der Waals surface area contributed by atoms with Gasteiger partial charge in [-0.2, -0.15) is 4.39 Å². The second kappa shape index (κ2) is 6.28. The average molecular weight is 282 g/mol. The summed E-state index contributed by atoms with van der Waals surface area (Å²) in [5, 5.41) is 20.2. The van der Waals surface area contributed by atoms with E-state index in [2.05, 4.69) is 4.90 Å². The summed E-state index contributed by atoms with van der Waals surface area (Å²) < 4.78 is 14.0. The summed E-state index contributed by atoms with van der Waals surface area (Å²) in [7, 11) is 0. The zero-order chi connectivity index (χ0) is 14.7. The van der Waals surface area contributed by atoms with Gasteiger partial charge in [0, 0.05) is 18.2 Å². The Morgan fingerprint density at radius 1 is 1.50 bits per heavy atom. The molecule has 0 saturated carbocycles. The third-order valence-electron chi connectivity index (χ3n) is 3.96. The molecule has 1 aromatic carbocycles. The van der Waals surface area contributed by atoms with Gasteiger partial charge in [0.15, 0.2) is 0 Å². The van der Waals surface area contributed by atoms with Crippen LogP contribution in [0.3, 0.4) is 0 Å². The highest BCUT2D eigenvalue weighted by Crippen LogP contribution is 2.25. The van der Waals surface area contributed by atoms with Crippen molar-refractivity contribution in [2.45, 2.75) is 32.4 Å². The minimum Gasteiger partial charge on any atom is -0.393 e. The first-order chi connectivity index (χ1) is 9.49. The van der Waals surface area contributed by atoms with E-state index in [1.54, 1.807) is 13.0 Å². The quantitative estimate of drug-likeness (QED) is 0.680. The van der Waals surface area contributed by atoms with E-state index in [0.29, 0.717) is 18.0 Å². The van der Waals surface area contributed by atoms with Crippen LogP contribution in [0, 0.1) is 21.8 Å². The average Bonchev–Trinajstić information content (AvgIpc) is 2.41. The maximum Gasteiger partial charge on any atom is 0.305 e. The molecular weight excluding hydrogens is 263 g/mol. The first-order valence-corrected chi connectivity index (χ1v) is 6.81. The molecule has 0 radical (unpaired) electrons. The molecule has 1 fully saturated rings. The van der Waals surface area contributed by atoms with Crippen molar-refractivity contribution in [1.82, 2.24) is 4.90 Å². The topological polar surface area (TPSA) is 66.6 Å². The molecule has 1 saturated heterocycles. The van der Waals surface area contributed by atoms with Crippen LogP contribution in [-0.4, -0.2) is 34.1 Å². The Bertz CT molecular complexity index is 485. The van der Waals surface area contributed by atoms with Crippen molar-refractivity contribution in [3.05, 3.63) is 39.7 Å². The number of nitrogens with zero attached hydrogens (tertiary/aromatic N) is 2. The third-order valence-corrected chi connectivity index (χ3v) is 3.96. The maximum absolute atomic E-state index is 14.0. The Morgan fingerprint density at radius 2 is 2.15 bits per heavy atom. The summed E-state index contributed by atoms with van der Waals surface area (Å²) in [6.07, 6.45) is 1.43. The van der Waals surface area contributed by atoms with E-state index in [-0.39, 0.29) is 6.10 Å². The van der Waals surface area contributed by atoms with Crippen molar-refractivity contribution < 1.29 is 14.4 Å². The Balaban J connectivity index is 2.01. The molecule has 0 spiro atoms. The van der Waals surface area contributed by atoms with E-state index in [1.165, 1.54) is 12.1 Å². The molecule has 1 N–H and O–H groups in total. The molecule has 1 heterocycles. The van der Waals surface area contributed by atoms with Crippen LogP contribution in [-0.2, 0) is 6.54 Å². The smallest absolute Gasteiger partial charge is 0.305 e. The molecule has 0 aromatic heterocycles. The number of likely N-dealkylation sites (tertiary alicyclic amines) is 1. The van der Waals surface area contributed by atoms with E-state index in [9.17, 15) is 19.6 Å². The van der Waals surface area contributed by atoms with Gasteiger partial charge in [-0.15, -0.1) is 0 Å². The molecule has 0 bridgehead atoms. The van der Waals surface area contributed by atoms with E-state index in [4.69, 9.17) is 0 Å². The molecule has 1 aliphatic rings. The number of piperidine rings is 1. The molecule has 1 aliphatic heterocycles. The summed E-state index contributed by atoms with van der Waals surface area (Å²) in [6, 6.07) is 4.28. The highest BCUT2D eigenvalue weighted by molar-refractivity contribution is 5.36. The summed E-state index contributed by atoms with van der Waals surface area (Å²) in [4.78, 5) is 12.1. The minimum atomic E-state index is -0.741. The van der Waals surface area contributed by atoms with Gasteiger partial charge in [-0.1, -0.05) is 12.1 Å². The monoisotopic (exact) mass is 282 g/mol. The number of hydrogen-bond acceptors (Lipinski definition) is 4. The first kappa shape index (κ1) is 14.9. The Morgan fingerprint density at radius 3 is 2.70 bits per heavy atom. The molecule has 5 nitrogen and oxygen atoms in total. The lowest BCUT2D eigenvalue weighted by molar-refractivity contribution is -0.387. The van der Waals surface area contributed by atoms with E-state index >= 15 is 0 Å². The van der Waals surface area contributed by atoms with Crippen LogP contribution in [0.5, 0.6) is 0 Å². The number of rotatable bonds is 4. The number of hydrogen-bond donors (Lipinski definition) is 1. The van der Waals surface area contributed by atoms with Gasteiger partial charge >= 0.3 is 5.69 Å². The third kappa shape index (κ3) is 3.32. The lowest BCUT2D eigenvalue weighted by atomic mass is 9.92. The van der Waals surface area contributed by atoms with E-state index < -0.39 is 16.4 Å². The molecular formula is C14H19FN2O3. The number of aliphatic hydroxyl groups is 1. The molecule has 1 atom stereocenters. The Kier molecular flexibility index (Phi) is 4.67. The number of nitro groups is 1. The normalized spacial score (nSPS) is 18.9. The SMILES string of the molecule is CC(O)C1CCN(Cc2cccc([N+](=O)[O-])c2F)CC1. The fraction of sp³-hybridized carbons (Fsp3) is 0.571. The summed E-state index contributed by atoms with van der Waals surface area (Å²) >= 11 is 0. The lowest BCUT2D eigenvalue weighted by Crippen LogP contribution is -2.36. The van der Waals surface area contributed by atoms with Gasteiger partial charge in [0.05, 0.1) is 11.0 Å². The minimum absolute atomic E-state index is 0.293. The highest BCUT2D eigenvalue weighted by Gasteiger charge is 2.24. The van der Waals surface area contributed by atoms with Crippen LogP contribution in [0.1, 0.15) is 25.3 Å². The molecule has 1 unspecified atom stereocenters. The fourth-order valence-electron chi connectivity index (χ4n) is 2.66. The summed E-state index contributed by atoms with van der Waals surface area (Å²) in [5.74, 6) is -0.448. The lowest BCUT2D eigenvalue weighted by Gasteiger charge is -2.33. The molecule has 0 amide bonds. The van der Waals surface area contributed by atoms with Crippen molar-refractivity contribution in [2.75, 3.05) is 13.1 Å². The first-order valence-electron chi connectivity index (χ1n) is 6.81. The van der Waals surface area contributed by atoms with Crippen molar-refractivity contribution in [3.63, 3.8) is 0 Å². The molecule has 2 rings (SSSR count). The van der Waals surface area contributed by atoms with Gasteiger partial charge in [-0.3, -0.25) is 15.0 Å². The van der Waals surface area contributed by atoms with Gasteiger partial charge in [0.1, 0.15) is 0 Å². The van der Waals surface area contributed by atoms with Crippen LogP contribution >= 0.6 is 0 Å². The van der Waals surface area contributed by atoms with Gasteiger partial charge in [0.2, 0.25) is 5.82 Å². The Labute approximate surface area is 117 Å². The van der Waals surface area contributed by atoms with Gasteiger partial charge < -0.3 is 5.11 Å². The second-order valence-corrected chi connectivity index (χ2v) is 5.36. The van der Waals surface area contributed by atoms with Crippen LogP contribution in [0.4, 0.5) is 10.1 Å². The summed E-state index contributed by atoms with van der Waals surface area (Å²) in [5.41, 5.74) is -0.115. The molecule has 0 aliphatic carbocycles. The fourth-order valence-corrected chi connectivity index (χ4v) is 2.66. The van der Waals surface area contributed by atoms with Crippen LogP contribution < -0.4 is 0 Å². The Hall–Kier alpha value is -1.53. The molecule has 110 valence electrons. The van der Waals surface area contributed by atoms with Gasteiger partial charge in [0.25, 0.3) is 0 Å². The second-order valence-electron chi connectivity index (χ2n) is 5.36. The van der Waals surface area contributed by atoms with Crippen LogP contribution in [0.25, 0.3) is 0 Å². The zero-order valence-electron chi connectivity index (χ0n) is 11.5. The number of benzene rings is 1. The number of nitro benzene ring substituents is 1. The van der Waals surface area contributed by atoms with Gasteiger partial charge in [-0.05, 0) is 38.8 Å². The predicted molar refractivity (Wildman–Crippen MR) is 72.7 cm³/mol. The van der Waals surface area contributed by atoms with Crippen molar-refractivity contribution in [2.24, 2.45) is 5.92 Å². The standard InChI is InChI=1S/C14H19FN2O3/c1-10(18)11-5-7-16(8-6-11)9-12-3-2-4-13(14(12)15)17(19)20/h2-4,10-11,18H,5-9H2,1H3.